The summed E-state index contributed by atoms with van der Waals surface area (Å²) in [6.45, 7) is 0. The maximum atomic E-state index is 12.9. The Morgan fingerprint density at radius 1 is 1.27 bits per heavy atom. The summed E-state index contributed by atoms with van der Waals surface area (Å²) in [4.78, 5) is 15.3. The summed E-state index contributed by atoms with van der Waals surface area (Å²) < 4.78 is 5.47. The average molecular weight is 350 g/mol. The lowest BCUT2D eigenvalue weighted by molar-refractivity contribution is 0.0879. The minimum absolute atomic E-state index is 0.0956. The minimum Gasteiger partial charge on any atom is -0.464 e. The largest absolute Gasteiger partial charge is 0.464 e. The van der Waals surface area contributed by atoms with E-state index in [-0.39, 0.29) is 11.9 Å². The average Bonchev–Trinajstić information content (AvgIpc) is 3.34. The third-order valence-corrected chi connectivity index (χ3v) is 6.02. The van der Waals surface area contributed by atoms with E-state index in [0.29, 0.717) is 17.8 Å². The molecule has 2 unspecified atom stereocenters. The van der Waals surface area contributed by atoms with Gasteiger partial charge in [0.05, 0.1) is 11.8 Å². The zero-order valence-electron chi connectivity index (χ0n) is 14.7. The number of benzene rings is 1. The van der Waals surface area contributed by atoms with Crippen molar-refractivity contribution >= 4 is 16.8 Å². The van der Waals surface area contributed by atoms with Crippen molar-refractivity contribution in [3.63, 3.8) is 0 Å². The lowest BCUT2D eigenvalue weighted by atomic mass is 9.98. The van der Waals surface area contributed by atoms with Gasteiger partial charge in [0.2, 0.25) is 0 Å². The Labute approximate surface area is 151 Å². The van der Waals surface area contributed by atoms with E-state index in [1.807, 2.05) is 30.3 Å². The number of amides is 1. The highest BCUT2D eigenvalue weighted by Crippen LogP contribution is 2.34. The fourth-order valence-electron chi connectivity index (χ4n) is 4.57. The van der Waals surface area contributed by atoms with E-state index in [0.717, 1.165) is 35.1 Å². The van der Waals surface area contributed by atoms with Crippen molar-refractivity contribution in [2.24, 2.45) is 0 Å². The van der Waals surface area contributed by atoms with Gasteiger partial charge < -0.3 is 14.6 Å². The fourth-order valence-corrected chi connectivity index (χ4v) is 4.57. The van der Waals surface area contributed by atoms with Gasteiger partial charge in [-0.3, -0.25) is 9.89 Å². The van der Waals surface area contributed by atoms with E-state index in [4.69, 9.17) is 4.42 Å². The molecule has 5 rings (SSSR count). The summed E-state index contributed by atoms with van der Waals surface area (Å²) in [6, 6.07) is 11.1. The van der Waals surface area contributed by atoms with Gasteiger partial charge in [-0.1, -0.05) is 0 Å². The number of piperidine rings is 1. The van der Waals surface area contributed by atoms with Gasteiger partial charge in [-0.05, 0) is 63.1 Å². The van der Waals surface area contributed by atoms with Gasteiger partial charge in [0.25, 0.3) is 5.91 Å². The number of hydrogen-bond donors (Lipinski definition) is 2. The molecule has 2 aliphatic rings. The quantitative estimate of drug-likeness (QED) is 0.761. The summed E-state index contributed by atoms with van der Waals surface area (Å²) in [5.41, 5.74) is 2.25. The molecule has 2 atom stereocenters. The van der Waals surface area contributed by atoms with Crippen molar-refractivity contribution in [3.8, 4) is 11.3 Å². The summed E-state index contributed by atoms with van der Waals surface area (Å²) >= 11 is 0. The number of carbonyl (C=O) groups is 1. The van der Waals surface area contributed by atoms with Crippen LogP contribution in [0.2, 0.25) is 0 Å². The number of rotatable bonds is 3. The van der Waals surface area contributed by atoms with E-state index in [9.17, 15) is 4.79 Å². The smallest absolute Gasteiger partial charge is 0.272 e. The molecular weight excluding hydrogens is 328 g/mol. The molecule has 0 saturated carbocycles. The molecule has 2 N–H and O–H groups in total. The molecule has 2 bridgehead atoms. The highest BCUT2D eigenvalue weighted by atomic mass is 16.3. The summed E-state index contributed by atoms with van der Waals surface area (Å²) in [5.74, 6) is 0.688. The SMILES string of the molecule is CN1C2CCC1CC(NC(=O)c1n[nH]c3ccc(-c4ccco4)cc13)C2. The molecule has 26 heavy (non-hydrogen) atoms. The Balaban J connectivity index is 1.40. The molecule has 6 heteroatoms. The van der Waals surface area contributed by atoms with Gasteiger partial charge in [0, 0.05) is 29.1 Å². The van der Waals surface area contributed by atoms with E-state index in [1.54, 1.807) is 6.26 Å². The molecule has 4 heterocycles. The highest BCUT2D eigenvalue weighted by molar-refractivity contribution is 6.05. The number of furan rings is 1. The first-order chi connectivity index (χ1) is 12.7. The number of nitrogens with one attached hydrogen (secondary N) is 2. The molecular formula is C20H22N4O2. The molecule has 1 aromatic carbocycles. The first kappa shape index (κ1) is 15.6. The maximum Gasteiger partial charge on any atom is 0.272 e. The van der Waals surface area contributed by atoms with Gasteiger partial charge in [0.15, 0.2) is 5.69 Å². The topological polar surface area (TPSA) is 74.2 Å². The zero-order valence-corrected chi connectivity index (χ0v) is 14.7. The zero-order chi connectivity index (χ0) is 17.7. The molecule has 2 fully saturated rings. The Hall–Kier alpha value is -2.60. The Kier molecular flexibility index (Phi) is 3.60. The number of hydrogen-bond acceptors (Lipinski definition) is 4. The molecule has 2 aliphatic heterocycles. The standard InChI is InChI=1S/C20H22N4O2/c1-24-14-5-6-15(24)11-13(10-14)21-20(25)19-16-9-12(18-3-2-8-26-18)4-7-17(16)22-23-19/h2-4,7-9,13-15H,5-6,10-11H2,1H3,(H,21,25)(H,22,23). The van der Waals surface area contributed by atoms with Crippen molar-refractivity contribution in [1.82, 2.24) is 20.4 Å². The second-order valence-corrected chi connectivity index (χ2v) is 7.50. The van der Waals surface area contributed by atoms with Crippen molar-refractivity contribution in [3.05, 3.63) is 42.3 Å². The van der Waals surface area contributed by atoms with Crippen molar-refractivity contribution in [1.29, 1.82) is 0 Å². The van der Waals surface area contributed by atoms with Crippen LogP contribution in [0.3, 0.4) is 0 Å². The normalized spacial score (nSPS) is 25.7. The van der Waals surface area contributed by atoms with Gasteiger partial charge in [-0.15, -0.1) is 0 Å². The molecule has 0 radical (unpaired) electrons. The number of carbonyl (C=O) groups excluding carboxylic acids is 1. The molecule has 2 aromatic heterocycles. The van der Waals surface area contributed by atoms with Crippen molar-refractivity contribution < 1.29 is 9.21 Å². The molecule has 0 aliphatic carbocycles. The van der Waals surface area contributed by atoms with E-state index >= 15 is 0 Å². The van der Waals surface area contributed by atoms with Crippen molar-refractivity contribution in [2.45, 2.75) is 43.8 Å². The van der Waals surface area contributed by atoms with Gasteiger partial charge in [0.1, 0.15) is 5.76 Å². The molecule has 2 saturated heterocycles. The Bertz CT molecular complexity index is 932. The summed E-state index contributed by atoms with van der Waals surface area (Å²) in [6.07, 6.45) is 6.19. The second-order valence-electron chi connectivity index (χ2n) is 7.50. The van der Waals surface area contributed by atoms with Gasteiger partial charge in [-0.2, -0.15) is 5.10 Å². The third kappa shape index (κ3) is 2.52. The number of fused-ring (bicyclic) bond motifs is 3. The Morgan fingerprint density at radius 3 is 2.81 bits per heavy atom. The molecule has 1 amide bonds. The van der Waals surface area contributed by atoms with Crippen LogP contribution in [0.25, 0.3) is 22.2 Å². The number of aromatic amines is 1. The van der Waals surface area contributed by atoms with Gasteiger partial charge >= 0.3 is 0 Å². The van der Waals surface area contributed by atoms with E-state index in [1.165, 1.54) is 12.8 Å². The fraction of sp³-hybridized carbons (Fsp3) is 0.400. The summed E-state index contributed by atoms with van der Waals surface area (Å²) in [7, 11) is 2.21. The van der Waals surface area contributed by atoms with Crippen LogP contribution < -0.4 is 5.32 Å². The second kappa shape index (κ2) is 5.99. The molecule has 0 spiro atoms. The first-order valence-corrected chi connectivity index (χ1v) is 9.24. The van der Waals surface area contributed by atoms with Crippen LogP contribution in [-0.2, 0) is 0 Å². The predicted molar refractivity (Wildman–Crippen MR) is 98.9 cm³/mol. The highest BCUT2D eigenvalue weighted by Gasteiger charge is 2.39. The predicted octanol–water partition coefficient (Wildman–Crippen LogP) is 3.18. The molecule has 6 nitrogen and oxygen atoms in total. The van der Waals surface area contributed by atoms with Crippen LogP contribution in [0.4, 0.5) is 0 Å². The molecule has 134 valence electrons. The van der Waals surface area contributed by atoms with Crippen LogP contribution in [0, 0.1) is 0 Å². The maximum absolute atomic E-state index is 12.9. The monoisotopic (exact) mass is 350 g/mol. The number of aromatic nitrogens is 2. The molecule has 3 aromatic rings. The lowest BCUT2D eigenvalue weighted by Gasteiger charge is -2.36. The van der Waals surface area contributed by atoms with Crippen LogP contribution in [0.1, 0.15) is 36.2 Å². The Morgan fingerprint density at radius 2 is 2.08 bits per heavy atom. The summed E-state index contributed by atoms with van der Waals surface area (Å²) in [5, 5.41) is 11.3. The van der Waals surface area contributed by atoms with Crippen LogP contribution in [0.15, 0.2) is 41.0 Å². The van der Waals surface area contributed by atoms with Crippen LogP contribution in [0.5, 0.6) is 0 Å². The van der Waals surface area contributed by atoms with E-state index < -0.39 is 0 Å². The van der Waals surface area contributed by atoms with Gasteiger partial charge in [-0.25, -0.2) is 0 Å². The van der Waals surface area contributed by atoms with Crippen LogP contribution >= 0.6 is 0 Å². The third-order valence-electron chi connectivity index (χ3n) is 6.02. The van der Waals surface area contributed by atoms with Crippen molar-refractivity contribution in [2.75, 3.05) is 7.05 Å². The number of H-pyrrole nitrogens is 1. The first-order valence-electron chi connectivity index (χ1n) is 9.24. The lowest BCUT2D eigenvalue weighted by Crippen LogP contribution is -2.48. The number of nitrogens with zero attached hydrogens (tertiary/aromatic N) is 2. The minimum atomic E-state index is -0.0956. The van der Waals surface area contributed by atoms with E-state index in [2.05, 4.69) is 27.5 Å². The van der Waals surface area contributed by atoms with Crippen LogP contribution in [-0.4, -0.2) is 46.2 Å².